The van der Waals surface area contributed by atoms with E-state index in [-0.39, 0.29) is 6.04 Å². The predicted octanol–water partition coefficient (Wildman–Crippen LogP) is 0.585. The molecule has 1 heterocycles. The van der Waals surface area contributed by atoms with Crippen LogP contribution in [0.4, 0.5) is 0 Å². The number of hydrogen-bond acceptors (Lipinski definition) is 3. The number of nitrogens with one attached hydrogen (secondary N) is 1. The van der Waals surface area contributed by atoms with E-state index in [1.807, 2.05) is 13.0 Å². The maximum absolute atomic E-state index is 11.1. The van der Waals surface area contributed by atoms with Crippen molar-refractivity contribution in [1.82, 2.24) is 5.32 Å². The second-order valence-electron chi connectivity index (χ2n) is 3.70. The molecule has 1 saturated heterocycles. The van der Waals surface area contributed by atoms with Gasteiger partial charge in [0.1, 0.15) is 0 Å². The van der Waals surface area contributed by atoms with Gasteiger partial charge in [-0.3, -0.25) is 0 Å². The quantitative estimate of drug-likeness (QED) is 0.680. The largest absolute Gasteiger partial charge is 0.310 e. The monoisotopic (exact) mass is 203 g/mol. The SMILES string of the molecule is C=CC(C)NCC1CCS(=O)(=O)C1. The Morgan fingerprint density at radius 2 is 2.38 bits per heavy atom. The van der Waals surface area contributed by atoms with Gasteiger partial charge >= 0.3 is 0 Å². The molecule has 2 atom stereocenters. The van der Waals surface area contributed by atoms with E-state index in [9.17, 15) is 8.42 Å². The molecular weight excluding hydrogens is 186 g/mol. The van der Waals surface area contributed by atoms with Crippen LogP contribution in [0.5, 0.6) is 0 Å². The van der Waals surface area contributed by atoms with Crippen LogP contribution in [-0.4, -0.2) is 32.5 Å². The molecule has 13 heavy (non-hydrogen) atoms. The molecule has 0 aromatic rings. The number of rotatable bonds is 4. The van der Waals surface area contributed by atoms with E-state index < -0.39 is 9.84 Å². The van der Waals surface area contributed by atoms with Crippen molar-refractivity contribution in [2.75, 3.05) is 18.1 Å². The Morgan fingerprint density at radius 1 is 1.69 bits per heavy atom. The average molecular weight is 203 g/mol. The van der Waals surface area contributed by atoms with Crippen molar-refractivity contribution in [2.45, 2.75) is 19.4 Å². The van der Waals surface area contributed by atoms with Crippen molar-refractivity contribution < 1.29 is 8.42 Å². The molecule has 1 fully saturated rings. The molecule has 0 saturated carbocycles. The van der Waals surface area contributed by atoms with E-state index in [0.29, 0.717) is 17.4 Å². The Hall–Kier alpha value is -0.350. The minimum absolute atomic E-state index is 0.267. The molecule has 4 heteroatoms. The molecule has 0 bridgehead atoms. The first-order chi connectivity index (χ1) is 6.03. The highest BCUT2D eigenvalue weighted by Crippen LogP contribution is 2.17. The molecule has 0 radical (unpaired) electrons. The lowest BCUT2D eigenvalue weighted by molar-refractivity contribution is 0.502. The summed E-state index contributed by atoms with van der Waals surface area (Å²) in [7, 11) is -2.72. The summed E-state index contributed by atoms with van der Waals surface area (Å²) in [4.78, 5) is 0. The van der Waals surface area contributed by atoms with E-state index in [2.05, 4.69) is 11.9 Å². The van der Waals surface area contributed by atoms with E-state index in [0.717, 1.165) is 13.0 Å². The summed E-state index contributed by atoms with van der Waals surface area (Å²) in [6, 6.07) is 0.267. The van der Waals surface area contributed by atoms with Crippen molar-refractivity contribution in [1.29, 1.82) is 0 Å². The maximum Gasteiger partial charge on any atom is 0.150 e. The molecule has 0 aromatic heterocycles. The van der Waals surface area contributed by atoms with Gasteiger partial charge in [0.25, 0.3) is 0 Å². The van der Waals surface area contributed by atoms with Gasteiger partial charge in [-0.2, -0.15) is 0 Å². The summed E-state index contributed by atoms with van der Waals surface area (Å²) in [5.41, 5.74) is 0. The minimum Gasteiger partial charge on any atom is -0.310 e. The zero-order chi connectivity index (χ0) is 9.90. The second kappa shape index (κ2) is 4.24. The summed E-state index contributed by atoms with van der Waals surface area (Å²) in [6.45, 7) is 6.45. The second-order valence-corrected chi connectivity index (χ2v) is 5.93. The van der Waals surface area contributed by atoms with Crippen molar-refractivity contribution >= 4 is 9.84 Å². The van der Waals surface area contributed by atoms with Crippen LogP contribution >= 0.6 is 0 Å². The van der Waals surface area contributed by atoms with Gasteiger partial charge in [0.05, 0.1) is 11.5 Å². The first-order valence-corrected chi connectivity index (χ1v) is 6.42. The lowest BCUT2D eigenvalue weighted by atomic mass is 10.1. The van der Waals surface area contributed by atoms with Gasteiger partial charge in [-0.1, -0.05) is 6.08 Å². The molecule has 0 aromatic carbocycles. The lowest BCUT2D eigenvalue weighted by Crippen LogP contribution is -2.30. The molecular formula is C9H17NO2S. The normalized spacial score (nSPS) is 28.5. The number of hydrogen-bond donors (Lipinski definition) is 1. The van der Waals surface area contributed by atoms with Crippen LogP contribution in [0.25, 0.3) is 0 Å². The van der Waals surface area contributed by atoms with Crippen LogP contribution in [0.3, 0.4) is 0 Å². The molecule has 0 amide bonds. The first kappa shape index (κ1) is 10.7. The Morgan fingerprint density at radius 3 is 2.85 bits per heavy atom. The van der Waals surface area contributed by atoms with Gasteiger partial charge < -0.3 is 5.32 Å². The lowest BCUT2D eigenvalue weighted by Gasteiger charge is -2.12. The summed E-state index contributed by atoms with van der Waals surface area (Å²) < 4.78 is 22.2. The summed E-state index contributed by atoms with van der Waals surface area (Å²) >= 11 is 0. The van der Waals surface area contributed by atoms with E-state index >= 15 is 0 Å². The maximum atomic E-state index is 11.1. The van der Waals surface area contributed by atoms with Gasteiger partial charge in [0.15, 0.2) is 9.84 Å². The highest BCUT2D eigenvalue weighted by Gasteiger charge is 2.27. The summed E-state index contributed by atoms with van der Waals surface area (Å²) in [6.07, 6.45) is 2.63. The van der Waals surface area contributed by atoms with Gasteiger partial charge in [-0.25, -0.2) is 8.42 Å². The highest BCUT2D eigenvalue weighted by atomic mass is 32.2. The molecule has 0 spiro atoms. The van der Waals surface area contributed by atoms with Crippen LogP contribution < -0.4 is 5.32 Å². The van der Waals surface area contributed by atoms with Crippen molar-refractivity contribution in [3.05, 3.63) is 12.7 Å². The molecule has 76 valence electrons. The molecule has 3 nitrogen and oxygen atoms in total. The van der Waals surface area contributed by atoms with Crippen LogP contribution in [0, 0.1) is 5.92 Å². The van der Waals surface area contributed by atoms with Crippen molar-refractivity contribution in [3.63, 3.8) is 0 Å². The number of sulfone groups is 1. The molecule has 1 N–H and O–H groups in total. The van der Waals surface area contributed by atoms with Gasteiger partial charge in [-0.05, 0) is 25.8 Å². The third-order valence-corrected chi connectivity index (χ3v) is 4.25. The van der Waals surface area contributed by atoms with E-state index in [1.165, 1.54) is 0 Å². The highest BCUT2D eigenvalue weighted by molar-refractivity contribution is 7.91. The minimum atomic E-state index is -2.72. The van der Waals surface area contributed by atoms with Crippen molar-refractivity contribution in [2.24, 2.45) is 5.92 Å². The van der Waals surface area contributed by atoms with E-state index in [1.54, 1.807) is 0 Å². The molecule has 1 aliphatic rings. The third kappa shape index (κ3) is 3.48. The molecule has 1 aliphatic heterocycles. The van der Waals surface area contributed by atoms with Crippen LogP contribution in [0.15, 0.2) is 12.7 Å². The Balaban J connectivity index is 2.29. The smallest absolute Gasteiger partial charge is 0.150 e. The van der Waals surface area contributed by atoms with Crippen molar-refractivity contribution in [3.8, 4) is 0 Å². The fraction of sp³-hybridized carbons (Fsp3) is 0.778. The third-order valence-electron chi connectivity index (χ3n) is 2.41. The fourth-order valence-electron chi connectivity index (χ4n) is 1.47. The van der Waals surface area contributed by atoms with Crippen LogP contribution in [-0.2, 0) is 9.84 Å². The van der Waals surface area contributed by atoms with Gasteiger partial charge in [0, 0.05) is 6.04 Å². The Kier molecular flexibility index (Phi) is 3.50. The van der Waals surface area contributed by atoms with Gasteiger partial charge in [0.2, 0.25) is 0 Å². The zero-order valence-corrected chi connectivity index (χ0v) is 8.81. The van der Waals surface area contributed by atoms with Crippen LogP contribution in [0.1, 0.15) is 13.3 Å². The topological polar surface area (TPSA) is 46.2 Å². The fourth-order valence-corrected chi connectivity index (χ4v) is 3.33. The molecule has 0 aliphatic carbocycles. The summed E-state index contributed by atoms with van der Waals surface area (Å²) in [5, 5.41) is 3.23. The summed E-state index contributed by atoms with van der Waals surface area (Å²) in [5.74, 6) is 1.01. The molecule has 1 rings (SSSR count). The average Bonchev–Trinajstić information content (AvgIpc) is 2.41. The van der Waals surface area contributed by atoms with E-state index in [4.69, 9.17) is 0 Å². The first-order valence-electron chi connectivity index (χ1n) is 4.60. The predicted molar refractivity (Wildman–Crippen MR) is 54.4 cm³/mol. The van der Waals surface area contributed by atoms with Crippen LogP contribution in [0.2, 0.25) is 0 Å². The standard InChI is InChI=1S/C9H17NO2S/c1-3-8(2)10-6-9-4-5-13(11,12)7-9/h3,8-10H,1,4-7H2,2H3. The van der Waals surface area contributed by atoms with Gasteiger partial charge in [-0.15, -0.1) is 6.58 Å². The zero-order valence-electron chi connectivity index (χ0n) is 7.99. The Labute approximate surface area is 80.1 Å². The Bertz CT molecular complexity index is 271. The molecule has 2 unspecified atom stereocenters.